The number of nitrogens with zero attached hydrogens (tertiary/aromatic N) is 4. The van der Waals surface area contributed by atoms with Crippen molar-refractivity contribution in [3.05, 3.63) is 47.4 Å². The molecule has 0 saturated heterocycles. The molecule has 0 unspecified atom stereocenters. The van der Waals surface area contributed by atoms with Crippen LogP contribution in [0.2, 0.25) is 0 Å². The molecule has 0 bridgehead atoms. The van der Waals surface area contributed by atoms with Gasteiger partial charge in [-0.15, -0.1) is 0 Å². The van der Waals surface area contributed by atoms with Crippen LogP contribution in [0.25, 0.3) is 11.0 Å². The summed E-state index contributed by atoms with van der Waals surface area (Å²) in [6.45, 7) is 0. The second-order valence-electron chi connectivity index (χ2n) is 6.09. The van der Waals surface area contributed by atoms with Crippen molar-refractivity contribution in [2.75, 3.05) is 5.75 Å². The Labute approximate surface area is 144 Å². The number of carbonyl (C=O) groups excluding carboxylic acids is 1. The number of hydrogen-bond donors (Lipinski definition) is 0. The highest BCUT2D eigenvalue weighted by Gasteiger charge is 2.15. The lowest BCUT2D eigenvalue weighted by Crippen LogP contribution is -2.08. The van der Waals surface area contributed by atoms with Gasteiger partial charge in [0.2, 0.25) is 0 Å². The molecule has 122 valence electrons. The van der Waals surface area contributed by atoms with E-state index < -0.39 is 0 Å². The highest BCUT2D eigenvalue weighted by molar-refractivity contribution is 8.00. The van der Waals surface area contributed by atoms with Crippen molar-refractivity contribution in [1.29, 1.82) is 0 Å². The fourth-order valence-electron chi connectivity index (χ4n) is 3.18. The zero-order valence-corrected chi connectivity index (χ0v) is 14.3. The zero-order chi connectivity index (χ0) is 16.5. The monoisotopic (exact) mass is 338 g/mol. The highest BCUT2D eigenvalue weighted by atomic mass is 32.2. The largest absolute Gasteiger partial charge is 0.293 e. The summed E-state index contributed by atoms with van der Waals surface area (Å²) >= 11 is 1.45. The molecule has 1 aliphatic carbocycles. The number of benzene rings is 1. The summed E-state index contributed by atoms with van der Waals surface area (Å²) < 4.78 is 1.71. The molecule has 1 aliphatic rings. The van der Waals surface area contributed by atoms with Crippen LogP contribution in [0.1, 0.15) is 34.3 Å². The number of thioether (sulfide) groups is 1. The molecule has 24 heavy (non-hydrogen) atoms. The van der Waals surface area contributed by atoms with E-state index in [0.717, 1.165) is 34.5 Å². The molecule has 1 aromatic carbocycles. The number of fused-ring (bicyclic) bond motifs is 2. The molecule has 0 N–H and O–H groups in total. The topological polar surface area (TPSA) is 60.7 Å². The van der Waals surface area contributed by atoms with E-state index in [2.05, 4.69) is 27.2 Å². The first-order valence-corrected chi connectivity index (χ1v) is 9.11. The lowest BCUT2D eigenvalue weighted by atomic mass is 9.90. The molecule has 4 rings (SSSR count). The molecule has 0 amide bonds. The van der Waals surface area contributed by atoms with Crippen LogP contribution in [0.15, 0.2) is 35.7 Å². The van der Waals surface area contributed by atoms with Gasteiger partial charge in [0.05, 0.1) is 17.3 Å². The lowest BCUT2D eigenvalue weighted by molar-refractivity contribution is 0.102. The number of aryl methyl sites for hydroxylation is 3. The van der Waals surface area contributed by atoms with Crippen LogP contribution in [-0.2, 0) is 19.9 Å². The van der Waals surface area contributed by atoms with Crippen LogP contribution in [0.3, 0.4) is 0 Å². The van der Waals surface area contributed by atoms with Crippen LogP contribution >= 0.6 is 11.8 Å². The van der Waals surface area contributed by atoms with Gasteiger partial charge in [-0.1, -0.05) is 23.9 Å². The van der Waals surface area contributed by atoms with Crippen molar-refractivity contribution in [2.45, 2.75) is 30.7 Å². The second kappa shape index (κ2) is 6.36. The minimum atomic E-state index is 0.143. The first-order valence-electron chi connectivity index (χ1n) is 8.13. The Morgan fingerprint density at radius 3 is 2.92 bits per heavy atom. The van der Waals surface area contributed by atoms with E-state index in [1.165, 1.54) is 42.1 Å². The minimum Gasteiger partial charge on any atom is -0.293 e. The van der Waals surface area contributed by atoms with Crippen LogP contribution in [-0.4, -0.2) is 31.3 Å². The summed E-state index contributed by atoms with van der Waals surface area (Å²) in [6, 6.07) is 6.17. The van der Waals surface area contributed by atoms with Crippen molar-refractivity contribution >= 4 is 28.6 Å². The van der Waals surface area contributed by atoms with E-state index in [9.17, 15) is 4.79 Å². The molecule has 6 heteroatoms. The third-order valence-electron chi connectivity index (χ3n) is 4.50. The molecule has 0 spiro atoms. The molecule has 0 fully saturated rings. The van der Waals surface area contributed by atoms with Crippen LogP contribution in [0.4, 0.5) is 0 Å². The summed E-state index contributed by atoms with van der Waals surface area (Å²) in [6.07, 6.45) is 7.98. The quantitative estimate of drug-likeness (QED) is 0.415. The maximum Gasteiger partial charge on any atom is 0.173 e. The van der Waals surface area contributed by atoms with Crippen molar-refractivity contribution in [2.24, 2.45) is 7.05 Å². The van der Waals surface area contributed by atoms with Gasteiger partial charge in [0.25, 0.3) is 0 Å². The first kappa shape index (κ1) is 15.3. The first-order chi connectivity index (χ1) is 11.7. The van der Waals surface area contributed by atoms with Crippen molar-refractivity contribution in [3.63, 3.8) is 0 Å². The Hall–Kier alpha value is -2.21. The van der Waals surface area contributed by atoms with Gasteiger partial charge in [0.1, 0.15) is 11.4 Å². The summed E-state index contributed by atoms with van der Waals surface area (Å²) in [5.41, 5.74) is 4.33. The van der Waals surface area contributed by atoms with E-state index >= 15 is 0 Å². The number of Topliss-reactive ketones (excluding diaryl/α,β-unsaturated/α-hetero) is 1. The Bertz CT molecular complexity index is 919. The standard InChI is InChI=1S/C18H18N4OS/c1-22-17-15(9-21-22)18(20-11-19-17)24-10-16(23)14-7-6-12-4-2-3-5-13(12)8-14/h6-9,11H,2-5,10H2,1H3. The van der Waals surface area contributed by atoms with Gasteiger partial charge in [0.15, 0.2) is 11.4 Å². The Balaban J connectivity index is 1.52. The average Bonchev–Trinajstić information content (AvgIpc) is 3.01. The fraction of sp³-hybridized carbons (Fsp3) is 0.333. The molecule has 0 atom stereocenters. The molecule has 5 nitrogen and oxygen atoms in total. The molecule has 0 radical (unpaired) electrons. The third kappa shape index (κ3) is 2.82. The van der Waals surface area contributed by atoms with E-state index in [4.69, 9.17) is 0 Å². The molecule has 0 aliphatic heterocycles. The van der Waals surface area contributed by atoms with E-state index in [0.29, 0.717) is 5.75 Å². The van der Waals surface area contributed by atoms with Crippen LogP contribution in [0.5, 0.6) is 0 Å². The third-order valence-corrected chi connectivity index (χ3v) is 5.51. The second-order valence-corrected chi connectivity index (χ2v) is 7.05. The van der Waals surface area contributed by atoms with Crippen molar-refractivity contribution in [1.82, 2.24) is 19.7 Å². The van der Waals surface area contributed by atoms with Gasteiger partial charge in [-0.25, -0.2) is 9.97 Å². The maximum absolute atomic E-state index is 12.6. The van der Waals surface area contributed by atoms with Gasteiger partial charge in [-0.2, -0.15) is 5.10 Å². The van der Waals surface area contributed by atoms with Gasteiger partial charge in [0, 0.05) is 12.6 Å². The molecule has 3 aromatic rings. The normalized spacial score (nSPS) is 13.9. The summed E-state index contributed by atoms with van der Waals surface area (Å²) in [5, 5.41) is 5.90. The molecular weight excluding hydrogens is 320 g/mol. The van der Waals surface area contributed by atoms with Gasteiger partial charge in [-0.3, -0.25) is 9.48 Å². The number of rotatable bonds is 4. The maximum atomic E-state index is 12.6. The Kier molecular flexibility index (Phi) is 4.06. The van der Waals surface area contributed by atoms with Crippen LogP contribution in [0, 0.1) is 0 Å². The summed E-state index contributed by atoms with van der Waals surface area (Å²) in [4.78, 5) is 21.1. The average molecular weight is 338 g/mol. The Morgan fingerprint density at radius 1 is 1.21 bits per heavy atom. The number of ketones is 1. The van der Waals surface area contributed by atoms with Gasteiger partial charge < -0.3 is 0 Å². The molecule has 2 heterocycles. The summed E-state index contributed by atoms with van der Waals surface area (Å²) in [5.74, 6) is 0.517. The SMILES string of the molecule is Cn1ncc2c(SCC(=O)c3ccc4c(c3)CCCC4)ncnc21. The van der Waals surface area contributed by atoms with E-state index in [1.54, 1.807) is 10.9 Å². The van der Waals surface area contributed by atoms with E-state index in [1.807, 2.05) is 13.1 Å². The molecule has 2 aromatic heterocycles. The summed E-state index contributed by atoms with van der Waals surface area (Å²) in [7, 11) is 1.85. The van der Waals surface area contributed by atoms with Crippen molar-refractivity contribution < 1.29 is 4.79 Å². The zero-order valence-electron chi connectivity index (χ0n) is 13.5. The van der Waals surface area contributed by atoms with Crippen LogP contribution < -0.4 is 0 Å². The van der Waals surface area contributed by atoms with Gasteiger partial charge >= 0.3 is 0 Å². The number of carbonyl (C=O) groups is 1. The van der Waals surface area contributed by atoms with Crippen molar-refractivity contribution in [3.8, 4) is 0 Å². The minimum absolute atomic E-state index is 0.143. The number of aromatic nitrogens is 4. The highest BCUT2D eigenvalue weighted by Crippen LogP contribution is 2.26. The Morgan fingerprint density at radius 2 is 2.04 bits per heavy atom. The predicted molar refractivity (Wildman–Crippen MR) is 94.4 cm³/mol. The fourth-order valence-corrected chi connectivity index (χ4v) is 4.04. The smallest absolute Gasteiger partial charge is 0.173 e. The van der Waals surface area contributed by atoms with Gasteiger partial charge in [-0.05, 0) is 42.9 Å². The lowest BCUT2D eigenvalue weighted by Gasteiger charge is -2.16. The predicted octanol–water partition coefficient (Wildman–Crippen LogP) is 3.22. The van der Waals surface area contributed by atoms with E-state index in [-0.39, 0.29) is 5.78 Å². The molecular formula is C18H18N4OS. The molecule has 0 saturated carbocycles. The number of hydrogen-bond acceptors (Lipinski definition) is 5.